The van der Waals surface area contributed by atoms with Gasteiger partial charge in [0.1, 0.15) is 11.6 Å². The van der Waals surface area contributed by atoms with E-state index in [2.05, 4.69) is 10.3 Å². The Morgan fingerprint density at radius 3 is 2.44 bits per heavy atom. The summed E-state index contributed by atoms with van der Waals surface area (Å²) in [6.07, 6.45) is -0.378. The number of carbonyl (C=O) groups is 1. The van der Waals surface area contributed by atoms with E-state index in [1.54, 1.807) is 12.3 Å². The van der Waals surface area contributed by atoms with Crippen molar-refractivity contribution in [3.63, 3.8) is 0 Å². The van der Waals surface area contributed by atoms with Crippen molar-refractivity contribution in [3.05, 3.63) is 88.8 Å². The highest BCUT2D eigenvalue weighted by Gasteiger charge is 2.48. The van der Waals surface area contributed by atoms with E-state index in [1.807, 2.05) is 47.0 Å². The van der Waals surface area contributed by atoms with Gasteiger partial charge in [0, 0.05) is 36.2 Å². The second kappa shape index (κ2) is 9.41. The van der Waals surface area contributed by atoms with Crippen LogP contribution in [0.15, 0.2) is 77.7 Å². The fourth-order valence-electron chi connectivity index (χ4n) is 6.12. The molecule has 1 aliphatic carbocycles. The normalized spacial score (nSPS) is 19.3. The third-order valence-electron chi connectivity index (χ3n) is 8.50. The van der Waals surface area contributed by atoms with Gasteiger partial charge in [0.25, 0.3) is 5.56 Å². The van der Waals surface area contributed by atoms with Crippen molar-refractivity contribution in [2.45, 2.75) is 32.0 Å². The van der Waals surface area contributed by atoms with Crippen molar-refractivity contribution < 1.29 is 18.0 Å². The summed E-state index contributed by atoms with van der Waals surface area (Å²) >= 11 is 0. The Bertz CT molecular complexity index is 1860. The monoisotopic (exact) mass is 556 g/mol. The Morgan fingerprint density at radius 2 is 1.73 bits per heavy atom. The number of alkyl halides is 3. The molecule has 1 saturated carbocycles. The molecule has 2 N–H and O–H groups in total. The Labute approximate surface area is 233 Å². The molecule has 2 fully saturated rings. The van der Waals surface area contributed by atoms with Gasteiger partial charge in [0.15, 0.2) is 0 Å². The molecule has 208 valence electrons. The summed E-state index contributed by atoms with van der Waals surface area (Å²) in [6.45, 7) is 1.63. The van der Waals surface area contributed by atoms with Gasteiger partial charge in [-0.25, -0.2) is 4.98 Å². The number of rotatable bonds is 6. The van der Waals surface area contributed by atoms with Crippen LogP contribution in [0.4, 0.5) is 13.2 Å². The van der Waals surface area contributed by atoms with Gasteiger partial charge in [0.2, 0.25) is 0 Å². The summed E-state index contributed by atoms with van der Waals surface area (Å²) in [7, 11) is 0. The molecule has 1 saturated heterocycles. The first-order valence-electron chi connectivity index (χ1n) is 13.8. The Morgan fingerprint density at radius 1 is 0.976 bits per heavy atom. The number of imidazole rings is 1. The molecule has 41 heavy (non-hydrogen) atoms. The summed E-state index contributed by atoms with van der Waals surface area (Å²) < 4.78 is 42.6. The number of pyridine rings is 1. The molecule has 6 nitrogen and oxygen atoms in total. The van der Waals surface area contributed by atoms with Gasteiger partial charge in [-0.1, -0.05) is 30.3 Å². The van der Waals surface area contributed by atoms with Gasteiger partial charge < -0.3 is 14.9 Å². The lowest BCUT2D eigenvalue weighted by Gasteiger charge is -2.28. The summed E-state index contributed by atoms with van der Waals surface area (Å²) in [5, 5.41) is 4.78. The number of hydrogen-bond acceptors (Lipinski definition) is 4. The fourth-order valence-corrected chi connectivity index (χ4v) is 6.12. The van der Waals surface area contributed by atoms with E-state index < -0.39 is 17.2 Å². The summed E-state index contributed by atoms with van der Waals surface area (Å²) in [5.41, 5.74) is 1.92. The molecule has 2 aliphatic rings. The lowest BCUT2D eigenvalue weighted by molar-refractivity contribution is -0.137. The molecular weight excluding hydrogens is 529 g/mol. The summed E-state index contributed by atoms with van der Waals surface area (Å²) in [5.74, 6) is 0.847. The molecule has 2 aromatic heterocycles. The molecule has 5 aromatic rings. The molecule has 0 radical (unpaired) electrons. The largest absolute Gasteiger partial charge is 0.416 e. The zero-order valence-corrected chi connectivity index (χ0v) is 22.1. The number of Topliss-reactive ketones (excluding diaryl/α,β-unsaturated/α-hetero) is 1. The molecule has 7 rings (SSSR count). The van der Waals surface area contributed by atoms with E-state index in [1.165, 1.54) is 6.07 Å². The van der Waals surface area contributed by atoms with Crippen LogP contribution in [0.5, 0.6) is 0 Å². The van der Waals surface area contributed by atoms with Gasteiger partial charge in [-0.2, -0.15) is 13.2 Å². The first kappa shape index (κ1) is 25.7. The van der Waals surface area contributed by atoms with Crippen molar-refractivity contribution in [1.82, 2.24) is 19.9 Å². The average molecular weight is 557 g/mol. The molecule has 1 aliphatic heterocycles. The Hall–Kier alpha value is -4.24. The Balaban J connectivity index is 1.32. The number of ketones is 1. The van der Waals surface area contributed by atoms with Crippen LogP contribution in [0, 0.1) is 11.3 Å². The quantitative estimate of drug-likeness (QED) is 0.262. The van der Waals surface area contributed by atoms with Crippen LogP contribution in [0.3, 0.4) is 0 Å². The van der Waals surface area contributed by atoms with Gasteiger partial charge in [-0.3, -0.25) is 9.59 Å². The van der Waals surface area contributed by atoms with Crippen molar-refractivity contribution >= 4 is 27.6 Å². The van der Waals surface area contributed by atoms with E-state index in [0.717, 1.165) is 53.6 Å². The number of aromatic nitrogens is 3. The fraction of sp³-hybridized carbons (Fsp3) is 0.281. The van der Waals surface area contributed by atoms with Gasteiger partial charge in [0.05, 0.1) is 22.0 Å². The van der Waals surface area contributed by atoms with E-state index in [9.17, 15) is 22.8 Å². The highest BCUT2D eigenvalue weighted by atomic mass is 19.4. The van der Waals surface area contributed by atoms with Crippen LogP contribution in [-0.2, 0) is 17.5 Å². The number of nitrogens with zero attached hydrogens (tertiary/aromatic N) is 2. The number of benzene rings is 3. The number of hydrogen-bond donors (Lipinski definition) is 2. The zero-order chi connectivity index (χ0) is 28.4. The van der Waals surface area contributed by atoms with Crippen LogP contribution in [0.1, 0.15) is 24.8 Å². The molecule has 0 unspecified atom stereocenters. The summed E-state index contributed by atoms with van der Waals surface area (Å²) in [4.78, 5) is 33.0. The Kier molecular flexibility index (Phi) is 5.90. The number of H-pyrrole nitrogens is 1. The number of fused-ring (bicyclic) bond motifs is 2. The van der Waals surface area contributed by atoms with Crippen molar-refractivity contribution in [2.75, 3.05) is 13.1 Å². The highest BCUT2D eigenvalue weighted by Crippen LogP contribution is 2.43. The van der Waals surface area contributed by atoms with Crippen LogP contribution in [0.25, 0.3) is 44.3 Å². The maximum absolute atomic E-state index is 13.6. The van der Waals surface area contributed by atoms with Gasteiger partial charge in [-0.15, -0.1) is 0 Å². The highest BCUT2D eigenvalue weighted by molar-refractivity contribution is 5.90. The minimum atomic E-state index is -4.48. The minimum Gasteiger partial charge on any atom is -0.329 e. The lowest BCUT2D eigenvalue weighted by Crippen LogP contribution is -2.39. The number of nitrogens with one attached hydrogen (secondary N) is 2. The maximum Gasteiger partial charge on any atom is 0.416 e. The van der Waals surface area contributed by atoms with E-state index in [4.69, 9.17) is 4.98 Å². The molecule has 3 aromatic carbocycles. The topological polar surface area (TPSA) is 79.8 Å². The van der Waals surface area contributed by atoms with Crippen LogP contribution < -0.4 is 10.9 Å². The number of halogens is 3. The summed E-state index contributed by atoms with van der Waals surface area (Å²) in [6, 6.07) is 18.8. The van der Waals surface area contributed by atoms with E-state index >= 15 is 0 Å². The third kappa shape index (κ3) is 4.54. The predicted molar refractivity (Wildman–Crippen MR) is 151 cm³/mol. The first-order valence-corrected chi connectivity index (χ1v) is 13.8. The number of aromatic amines is 1. The molecule has 0 spiro atoms. The molecular formula is C32H27F3N4O2. The predicted octanol–water partition coefficient (Wildman–Crippen LogP) is 6.19. The van der Waals surface area contributed by atoms with Crippen LogP contribution in [-0.4, -0.2) is 33.4 Å². The van der Waals surface area contributed by atoms with Crippen molar-refractivity contribution in [2.24, 2.45) is 11.3 Å². The van der Waals surface area contributed by atoms with E-state index in [-0.39, 0.29) is 22.8 Å². The second-order valence-corrected chi connectivity index (χ2v) is 11.3. The molecule has 9 heteroatoms. The SMILES string of the molecule is O=C(C1CC1)[C@@]1(Cn2c(-c3ccc(-c4ccc5c(=O)[nH]ccc5c4)cc3)nc3cc(C(F)(F)F)ccc32)CCNC1. The molecule has 3 heterocycles. The van der Waals surface area contributed by atoms with Gasteiger partial charge in [-0.05, 0) is 78.7 Å². The molecule has 0 amide bonds. The van der Waals surface area contributed by atoms with E-state index in [0.29, 0.717) is 36.2 Å². The van der Waals surface area contributed by atoms with Crippen molar-refractivity contribution in [3.8, 4) is 22.5 Å². The third-order valence-corrected chi connectivity index (χ3v) is 8.50. The van der Waals surface area contributed by atoms with Crippen molar-refractivity contribution in [1.29, 1.82) is 0 Å². The lowest BCUT2D eigenvalue weighted by atomic mass is 9.80. The smallest absolute Gasteiger partial charge is 0.329 e. The van der Waals surface area contributed by atoms with Crippen LogP contribution in [0.2, 0.25) is 0 Å². The maximum atomic E-state index is 13.6. The second-order valence-electron chi connectivity index (χ2n) is 11.3. The zero-order valence-electron chi connectivity index (χ0n) is 22.1. The minimum absolute atomic E-state index is 0.0711. The standard InChI is InChI=1S/C32H27F3N4O2/c33-32(34,35)24-8-10-27-26(16-24)38-29(39(27)18-31(12-14-36-17-31)28(40)20-3-4-20)21-5-1-19(2-6-21)22-7-9-25-23(15-22)11-13-37-30(25)41/h1-2,5-11,13,15-16,20,36H,3-4,12,14,17-18H2,(H,37,41)/t31-/m0/s1. The average Bonchev–Trinajstić information content (AvgIpc) is 3.61. The van der Waals surface area contributed by atoms with Gasteiger partial charge >= 0.3 is 6.18 Å². The number of carbonyl (C=O) groups excluding carboxylic acids is 1. The molecule has 0 bridgehead atoms. The molecule has 1 atom stereocenters. The first-order chi connectivity index (χ1) is 19.7. The van der Waals surface area contributed by atoms with Crippen LogP contribution >= 0.6 is 0 Å².